The van der Waals surface area contributed by atoms with Gasteiger partial charge in [-0.3, -0.25) is 19.4 Å². The van der Waals surface area contributed by atoms with Crippen LogP contribution < -0.4 is 16.0 Å². The molecule has 44 heavy (non-hydrogen) atoms. The number of halogens is 3. The van der Waals surface area contributed by atoms with Crippen LogP contribution in [-0.2, 0) is 9.59 Å². The zero-order valence-electron chi connectivity index (χ0n) is 27.3. The molecule has 0 spiro atoms. The Labute approximate surface area is 268 Å². The van der Waals surface area contributed by atoms with Crippen molar-refractivity contribution in [3.63, 3.8) is 0 Å². The van der Waals surface area contributed by atoms with Gasteiger partial charge >= 0.3 is 0 Å². The Morgan fingerprint density at radius 2 is 1.68 bits per heavy atom. The standard InChI is InChI=1S/C20H25ClF2N2O.C8H17N3O2.C5H12/c1-14(16(3)22)6-4-5-7-17-11-24-12-18(17)8-9-20(23)19(21)10-15(2)25-13-26;12-7-9-1-2-10-3-5-11(8-13)6-4-10;1-5(2,3)4/h4-6,8-10,13,17-18,24H,3,7,11-12H2,1-2H3,(H,25,26);7,13H,1-6,8H2,(H,9,12);1-4H3/b5-4-,9-8+,14-6-,15-10+,20-19-;;/t17-,18+;;/m0../s1. The summed E-state index contributed by atoms with van der Waals surface area (Å²) in [7, 11) is 0. The van der Waals surface area contributed by atoms with Crippen molar-refractivity contribution >= 4 is 24.4 Å². The van der Waals surface area contributed by atoms with E-state index >= 15 is 0 Å². The minimum absolute atomic E-state index is 0.0671. The normalized spacial score (nSPS) is 20.8. The Morgan fingerprint density at radius 3 is 2.23 bits per heavy atom. The van der Waals surface area contributed by atoms with E-state index in [0.29, 0.717) is 35.6 Å². The van der Waals surface area contributed by atoms with Gasteiger partial charge in [0.2, 0.25) is 12.8 Å². The third kappa shape index (κ3) is 22.0. The Balaban J connectivity index is 0.000000846. The van der Waals surface area contributed by atoms with Crippen LogP contribution in [0.4, 0.5) is 8.78 Å². The highest BCUT2D eigenvalue weighted by atomic mass is 35.5. The summed E-state index contributed by atoms with van der Waals surface area (Å²) in [5, 5.41) is 17.1. The van der Waals surface area contributed by atoms with Gasteiger partial charge in [0, 0.05) is 51.5 Å². The summed E-state index contributed by atoms with van der Waals surface area (Å²) in [6.07, 6.45) is 12.0. The number of hydrogen-bond acceptors (Lipinski definition) is 6. The number of carbonyl (C=O) groups excluding carboxylic acids is 2. The van der Waals surface area contributed by atoms with Gasteiger partial charge < -0.3 is 21.1 Å². The topological polar surface area (TPSA) is 96.9 Å². The summed E-state index contributed by atoms with van der Waals surface area (Å²) in [6, 6.07) is 0. The van der Waals surface area contributed by atoms with Gasteiger partial charge in [-0.25, -0.2) is 8.78 Å². The largest absolute Gasteiger partial charge is 0.381 e. The lowest BCUT2D eigenvalue weighted by Crippen LogP contribution is -2.48. The third-order valence-corrected chi connectivity index (χ3v) is 6.70. The molecule has 8 nitrogen and oxygen atoms in total. The number of piperazine rings is 1. The van der Waals surface area contributed by atoms with E-state index in [1.807, 2.05) is 17.1 Å². The fraction of sp³-hybridized carbons (Fsp3) is 0.576. The number of amides is 2. The molecule has 2 amide bonds. The van der Waals surface area contributed by atoms with Gasteiger partial charge in [-0.15, -0.1) is 0 Å². The molecular formula is C33H54ClF2N5O3. The molecule has 11 heteroatoms. The Bertz CT molecular complexity index is 1010. The van der Waals surface area contributed by atoms with Gasteiger partial charge in [0.05, 0.1) is 11.8 Å². The van der Waals surface area contributed by atoms with Gasteiger partial charge in [0.1, 0.15) is 11.7 Å². The fourth-order valence-electron chi connectivity index (χ4n) is 3.91. The summed E-state index contributed by atoms with van der Waals surface area (Å²) in [6.45, 7) is 22.4. The van der Waals surface area contributed by atoms with Crippen molar-refractivity contribution in [3.05, 3.63) is 71.0 Å². The minimum Gasteiger partial charge on any atom is -0.381 e. The number of rotatable bonds is 14. The van der Waals surface area contributed by atoms with E-state index in [1.165, 1.54) is 12.2 Å². The lowest BCUT2D eigenvalue weighted by atomic mass is 9.92. The number of nitrogens with zero attached hydrogens (tertiary/aromatic N) is 2. The molecule has 0 saturated carbocycles. The molecule has 2 saturated heterocycles. The first-order chi connectivity index (χ1) is 20.7. The Morgan fingerprint density at radius 1 is 1.07 bits per heavy atom. The Hall–Kier alpha value is -2.63. The second kappa shape index (κ2) is 23.7. The molecule has 0 bridgehead atoms. The molecule has 2 rings (SSSR count). The molecule has 0 aliphatic carbocycles. The zero-order chi connectivity index (χ0) is 33.5. The maximum atomic E-state index is 14.1. The first-order valence-corrected chi connectivity index (χ1v) is 15.3. The lowest BCUT2D eigenvalue weighted by Gasteiger charge is -2.33. The summed E-state index contributed by atoms with van der Waals surface area (Å²) < 4.78 is 26.9. The molecule has 2 heterocycles. The van der Waals surface area contributed by atoms with Gasteiger partial charge in [0.25, 0.3) is 0 Å². The molecule has 2 aliphatic heterocycles. The fourth-order valence-corrected chi connectivity index (χ4v) is 4.14. The van der Waals surface area contributed by atoms with Crippen LogP contribution in [0.3, 0.4) is 0 Å². The average Bonchev–Trinajstić information content (AvgIpc) is 3.41. The van der Waals surface area contributed by atoms with Gasteiger partial charge in [-0.1, -0.05) is 70.2 Å². The average molecular weight is 642 g/mol. The third-order valence-electron chi connectivity index (χ3n) is 6.41. The predicted octanol–water partition coefficient (Wildman–Crippen LogP) is 5.18. The summed E-state index contributed by atoms with van der Waals surface area (Å²) in [5.41, 5.74) is 1.45. The SMILES string of the molecule is C=C(F)/C(C)=C\C=C/C[C@H]1CNC[C@H]1/C=C/C(F)=C(Cl)\C=C(/C)NC=O.CC(C)(C)C.O=CNCCN1CCN(CO)CC1. The van der Waals surface area contributed by atoms with Crippen molar-refractivity contribution < 1.29 is 23.5 Å². The van der Waals surface area contributed by atoms with E-state index in [1.54, 1.807) is 26.0 Å². The van der Waals surface area contributed by atoms with Crippen molar-refractivity contribution in [1.29, 1.82) is 0 Å². The van der Waals surface area contributed by atoms with E-state index in [0.717, 1.165) is 58.6 Å². The number of aliphatic hydroxyl groups excluding tert-OH is 1. The van der Waals surface area contributed by atoms with E-state index in [4.69, 9.17) is 16.7 Å². The van der Waals surface area contributed by atoms with E-state index in [-0.39, 0.29) is 17.7 Å². The van der Waals surface area contributed by atoms with Crippen molar-refractivity contribution in [2.75, 3.05) is 59.1 Å². The quantitative estimate of drug-likeness (QED) is 0.119. The first kappa shape index (κ1) is 41.4. The van der Waals surface area contributed by atoms with Crippen LogP contribution in [0, 0.1) is 17.3 Å². The molecule has 0 radical (unpaired) electrons. The smallest absolute Gasteiger partial charge is 0.211 e. The van der Waals surface area contributed by atoms with E-state index in [2.05, 4.69) is 55.1 Å². The monoisotopic (exact) mass is 641 g/mol. The maximum Gasteiger partial charge on any atom is 0.211 e. The van der Waals surface area contributed by atoms with E-state index < -0.39 is 11.7 Å². The van der Waals surface area contributed by atoms with Crippen molar-refractivity contribution in [2.24, 2.45) is 17.3 Å². The molecule has 0 aromatic heterocycles. The number of allylic oxidation sites excluding steroid dienone is 10. The summed E-state index contributed by atoms with van der Waals surface area (Å²) in [4.78, 5) is 24.6. The van der Waals surface area contributed by atoms with Crippen molar-refractivity contribution in [1.82, 2.24) is 25.8 Å². The number of aliphatic hydroxyl groups is 1. The second-order valence-electron chi connectivity index (χ2n) is 12.3. The molecule has 0 aromatic rings. The van der Waals surface area contributed by atoms with Gasteiger partial charge in [-0.05, 0) is 61.8 Å². The first-order valence-electron chi connectivity index (χ1n) is 14.9. The highest BCUT2D eigenvalue weighted by Crippen LogP contribution is 2.24. The second-order valence-corrected chi connectivity index (χ2v) is 12.7. The molecule has 250 valence electrons. The Kier molecular flexibility index (Phi) is 22.3. The van der Waals surface area contributed by atoms with Crippen LogP contribution in [0.1, 0.15) is 48.0 Å². The van der Waals surface area contributed by atoms with Crippen LogP contribution in [-0.4, -0.2) is 86.8 Å². The van der Waals surface area contributed by atoms with Crippen LogP contribution in [0.5, 0.6) is 0 Å². The highest BCUT2D eigenvalue weighted by Gasteiger charge is 2.23. The van der Waals surface area contributed by atoms with Crippen LogP contribution in [0.25, 0.3) is 0 Å². The molecular weight excluding hydrogens is 588 g/mol. The zero-order valence-corrected chi connectivity index (χ0v) is 28.1. The van der Waals surface area contributed by atoms with Crippen LogP contribution in [0.2, 0.25) is 0 Å². The van der Waals surface area contributed by atoms with Crippen molar-refractivity contribution in [2.45, 2.75) is 48.0 Å². The molecule has 0 unspecified atom stereocenters. The van der Waals surface area contributed by atoms with E-state index in [9.17, 15) is 18.4 Å². The number of hydrogen-bond donors (Lipinski definition) is 4. The molecule has 2 atom stereocenters. The van der Waals surface area contributed by atoms with Gasteiger partial charge in [-0.2, -0.15) is 0 Å². The maximum absolute atomic E-state index is 14.1. The van der Waals surface area contributed by atoms with Crippen molar-refractivity contribution in [3.8, 4) is 0 Å². The van der Waals surface area contributed by atoms with Crippen LogP contribution in [0.15, 0.2) is 71.0 Å². The lowest BCUT2D eigenvalue weighted by molar-refractivity contribution is -0.110. The van der Waals surface area contributed by atoms with Crippen LogP contribution >= 0.6 is 11.6 Å². The predicted molar refractivity (Wildman–Crippen MR) is 178 cm³/mol. The molecule has 0 aromatic carbocycles. The number of nitrogens with one attached hydrogen (secondary N) is 3. The molecule has 2 aliphatic rings. The summed E-state index contributed by atoms with van der Waals surface area (Å²) in [5.74, 6) is -0.496. The summed E-state index contributed by atoms with van der Waals surface area (Å²) >= 11 is 5.89. The highest BCUT2D eigenvalue weighted by molar-refractivity contribution is 6.31. The minimum atomic E-state index is -0.556. The molecule has 4 N–H and O–H groups in total. The number of carbonyl (C=O) groups is 2. The molecule has 2 fully saturated rings. The van der Waals surface area contributed by atoms with Gasteiger partial charge in [0.15, 0.2) is 0 Å².